The summed E-state index contributed by atoms with van der Waals surface area (Å²) in [5, 5.41) is 4.00. The van der Waals surface area contributed by atoms with Crippen molar-refractivity contribution >= 4 is 46.6 Å². The van der Waals surface area contributed by atoms with Crippen LogP contribution in [0.25, 0.3) is 6.08 Å². The van der Waals surface area contributed by atoms with Crippen molar-refractivity contribution in [1.29, 1.82) is 0 Å². The Hall–Kier alpha value is -0.709. The van der Waals surface area contributed by atoms with Crippen molar-refractivity contribution in [3.8, 4) is 0 Å². The van der Waals surface area contributed by atoms with E-state index in [2.05, 4.69) is 127 Å². The summed E-state index contributed by atoms with van der Waals surface area (Å²) in [7, 11) is -7.10. The topological polar surface area (TPSA) is 53.7 Å². The molecule has 0 saturated carbocycles. The average molecular weight is 538 g/mol. The SMILES string of the molecule is CC/C(N)=C/c1cc([Si](C)(C)OC(C)(C)C)c([Si](C)(C)OC(C)(C)C)c([Si](C)(C)OC(C)(C)C)c1. The van der Waals surface area contributed by atoms with Crippen LogP contribution in [0.1, 0.15) is 81.2 Å². The largest absolute Gasteiger partial charge is 0.408 e. The molecule has 0 radical (unpaired) electrons. The highest BCUT2D eigenvalue weighted by atomic mass is 28.4. The first-order valence-electron chi connectivity index (χ1n) is 13.1. The Morgan fingerprint density at radius 1 is 0.686 bits per heavy atom. The van der Waals surface area contributed by atoms with E-state index in [1.807, 2.05) is 0 Å². The lowest BCUT2D eigenvalue weighted by Crippen LogP contribution is -2.72. The first-order valence-corrected chi connectivity index (χ1v) is 21.8. The van der Waals surface area contributed by atoms with Gasteiger partial charge in [-0.05, 0) is 135 Å². The van der Waals surface area contributed by atoms with Gasteiger partial charge in [-0.1, -0.05) is 19.1 Å². The molecular weight excluding hydrogens is 483 g/mol. The summed E-state index contributed by atoms with van der Waals surface area (Å²) in [6.07, 6.45) is 2.94. The second kappa shape index (κ2) is 10.6. The summed E-state index contributed by atoms with van der Waals surface area (Å²) in [5.41, 5.74) is 7.62. The zero-order valence-corrected chi connectivity index (χ0v) is 28.7. The summed E-state index contributed by atoms with van der Waals surface area (Å²) in [6.45, 7) is 35.4. The monoisotopic (exact) mass is 537 g/mol. The molecule has 0 saturated heterocycles. The maximum atomic E-state index is 6.92. The minimum Gasteiger partial charge on any atom is -0.408 e. The van der Waals surface area contributed by atoms with Crippen LogP contribution in [0.5, 0.6) is 0 Å². The number of nitrogens with two attached hydrogens (primary N) is 1. The molecule has 1 aromatic rings. The second-order valence-corrected chi connectivity index (χ2v) is 25.5. The van der Waals surface area contributed by atoms with Crippen LogP contribution in [-0.2, 0) is 13.3 Å². The minimum absolute atomic E-state index is 0.243. The third-order valence-corrected chi connectivity index (χ3v) is 14.5. The lowest BCUT2D eigenvalue weighted by atomic mass is 10.1. The van der Waals surface area contributed by atoms with Crippen molar-refractivity contribution in [3.05, 3.63) is 23.4 Å². The van der Waals surface area contributed by atoms with Crippen molar-refractivity contribution in [1.82, 2.24) is 0 Å². The van der Waals surface area contributed by atoms with Gasteiger partial charge >= 0.3 is 0 Å². The minimum atomic E-state index is -2.39. The highest BCUT2D eigenvalue weighted by Crippen LogP contribution is 2.24. The fourth-order valence-corrected chi connectivity index (χ4v) is 17.7. The number of benzene rings is 1. The quantitative estimate of drug-likeness (QED) is 0.408. The molecule has 1 aromatic carbocycles. The van der Waals surface area contributed by atoms with Gasteiger partial charge in [0.05, 0.1) is 0 Å². The zero-order valence-electron chi connectivity index (χ0n) is 25.7. The molecule has 0 bridgehead atoms. The summed E-state index contributed by atoms with van der Waals surface area (Å²) < 4.78 is 20.6. The van der Waals surface area contributed by atoms with Gasteiger partial charge in [0, 0.05) is 22.5 Å². The van der Waals surface area contributed by atoms with Gasteiger partial charge in [-0.15, -0.1) is 0 Å². The third-order valence-electron chi connectivity index (χ3n) is 5.50. The fourth-order valence-electron chi connectivity index (χ4n) is 5.12. The van der Waals surface area contributed by atoms with Gasteiger partial charge in [-0.3, -0.25) is 0 Å². The van der Waals surface area contributed by atoms with E-state index in [-0.39, 0.29) is 16.8 Å². The smallest absolute Gasteiger partial charge is 0.218 e. The van der Waals surface area contributed by atoms with Crippen molar-refractivity contribution < 1.29 is 13.3 Å². The summed E-state index contributed by atoms with van der Waals surface area (Å²) in [5.74, 6) is 0. The molecule has 0 unspecified atom stereocenters. The maximum Gasteiger partial charge on any atom is 0.218 e. The van der Waals surface area contributed by atoms with Crippen molar-refractivity contribution in [3.63, 3.8) is 0 Å². The van der Waals surface area contributed by atoms with Crippen LogP contribution in [0.2, 0.25) is 39.3 Å². The second-order valence-electron chi connectivity index (χ2n) is 14.2. The van der Waals surface area contributed by atoms with Crippen molar-refractivity contribution in [2.24, 2.45) is 5.73 Å². The Kier molecular flexibility index (Phi) is 9.77. The number of hydrogen-bond acceptors (Lipinski definition) is 4. The van der Waals surface area contributed by atoms with Crippen molar-refractivity contribution in [2.45, 2.75) is 132 Å². The molecule has 0 aliphatic carbocycles. The van der Waals surface area contributed by atoms with Crippen molar-refractivity contribution in [2.75, 3.05) is 0 Å². The molecule has 0 spiro atoms. The van der Waals surface area contributed by atoms with Crippen LogP contribution in [0.3, 0.4) is 0 Å². The molecule has 0 heterocycles. The number of hydrogen-bond donors (Lipinski definition) is 1. The van der Waals surface area contributed by atoms with Gasteiger partial charge in [0.2, 0.25) is 25.0 Å². The number of allylic oxidation sites excluding steroid dienone is 1. The van der Waals surface area contributed by atoms with Gasteiger partial charge in [0.15, 0.2) is 0 Å². The van der Waals surface area contributed by atoms with Crippen LogP contribution < -0.4 is 21.3 Å². The van der Waals surface area contributed by atoms with E-state index >= 15 is 0 Å². The van der Waals surface area contributed by atoms with Gasteiger partial charge in [0.25, 0.3) is 0 Å². The molecule has 4 nitrogen and oxygen atoms in total. The summed E-state index contributed by atoms with van der Waals surface area (Å²) >= 11 is 0. The molecule has 35 heavy (non-hydrogen) atoms. The van der Waals surface area contributed by atoms with Gasteiger partial charge in [0.1, 0.15) is 0 Å². The van der Waals surface area contributed by atoms with Gasteiger partial charge in [-0.25, -0.2) is 0 Å². The molecule has 0 aliphatic rings. The van der Waals surface area contributed by atoms with Crippen LogP contribution >= 0.6 is 0 Å². The predicted molar refractivity (Wildman–Crippen MR) is 163 cm³/mol. The summed E-state index contributed by atoms with van der Waals surface area (Å²) in [6, 6.07) is 4.67. The van der Waals surface area contributed by atoms with Gasteiger partial charge in [-0.2, -0.15) is 0 Å². The van der Waals surface area contributed by atoms with E-state index in [4.69, 9.17) is 19.0 Å². The lowest BCUT2D eigenvalue weighted by molar-refractivity contribution is 0.122. The van der Waals surface area contributed by atoms with E-state index in [0.29, 0.717) is 0 Å². The highest BCUT2D eigenvalue weighted by molar-refractivity contribution is 7.00. The average Bonchev–Trinajstić information content (AvgIpc) is 2.54. The van der Waals surface area contributed by atoms with Crippen LogP contribution in [0, 0.1) is 0 Å². The molecule has 0 amide bonds. The predicted octanol–water partition coefficient (Wildman–Crippen LogP) is 6.08. The van der Waals surface area contributed by atoms with E-state index in [1.165, 1.54) is 15.6 Å². The molecule has 0 fully saturated rings. The van der Waals surface area contributed by atoms with E-state index in [0.717, 1.165) is 17.7 Å². The number of rotatable bonds is 8. The Morgan fingerprint density at radius 2 is 1.00 bits per heavy atom. The van der Waals surface area contributed by atoms with Crippen LogP contribution in [0.4, 0.5) is 0 Å². The fraction of sp³-hybridized carbons (Fsp3) is 0.714. The molecule has 0 aromatic heterocycles. The standard InChI is InChI=1S/C28H55NO3Si3/c1-17-22(29)18-21-19-23(33(11,12)30-26(2,3)4)25(35(15,16)32-28(8,9)10)24(20-21)34(13,14)31-27(5,6)7/h18-20H,17,29H2,1-16H3/b22-18-. The molecule has 7 heteroatoms. The Bertz CT molecular complexity index is 866. The Morgan fingerprint density at radius 3 is 1.29 bits per heavy atom. The normalized spacial score (nSPS) is 15.0. The molecule has 0 atom stereocenters. The van der Waals surface area contributed by atoms with Gasteiger partial charge < -0.3 is 19.0 Å². The van der Waals surface area contributed by atoms with E-state index in [9.17, 15) is 0 Å². The van der Waals surface area contributed by atoms with E-state index in [1.54, 1.807) is 0 Å². The highest BCUT2D eigenvalue weighted by Gasteiger charge is 2.45. The van der Waals surface area contributed by atoms with Crippen LogP contribution in [-0.4, -0.2) is 41.8 Å². The Labute approximate surface area is 220 Å². The van der Waals surface area contributed by atoms with Crippen LogP contribution in [0.15, 0.2) is 17.8 Å². The zero-order chi connectivity index (χ0) is 27.8. The molecule has 202 valence electrons. The third kappa shape index (κ3) is 9.93. The molecular formula is C28H55NO3Si3. The first-order chi connectivity index (χ1) is 15.3. The van der Waals surface area contributed by atoms with E-state index < -0.39 is 25.0 Å². The first kappa shape index (κ1) is 32.3. The molecule has 1 rings (SSSR count). The maximum absolute atomic E-state index is 6.92. The molecule has 2 N–H and O–H groups in total. The molecule has 0 aliphatic heterocycles. The Balaban J connectivity index is 4.22. The lowest BCUT2D eigenvalue weighted by Gasteiger charge is -2.43. The summed E-state index contributed by atoms with van der Waals surface area (Å²) in [4.78, 5) is 0.